The third-order valence-corrected chi connectivity index (χ3v) is 6.16. The SMILES string of the molecule is Cc1cccc(N2C[C@@H](C(=O)Oc3cccc(N4C(=O)c5cccc([N+](=O)[O-])c5C4=O)c3)CC2=O)c1. The Hall–Kier alpha value is -4.86. The van der Waals surface area contributed by atoms with E-state index in [-0.39, 0.29) is 41.4 Å². The number of anilines is 2. The van der Waals surface area contributed by atoms with Gasteiger partial charge in [0.1, 0.15) is 11.3 Å². The molecule has 2 aliphatic heterocycles. The first-order valence-electron chi connectivity index (χ1n) is 11.1. The number of esters is 1. The van der Waals surface area contributed by atoms with Crippen molar-refractivity contribution >= 4 is 40.8 Å². The molecular formula is C26H19N3O7. The minimum Gasteiger partial charge on any atom is -0.426 e. The van der Waals surface area contributed by atoms with E-state index in [1.807, 2.05) is 25.1 Å². The smallest absolute Gasteiger partial charge is 0.316 e. The van der Waals surface area contributed by atoms with Crippen molar-refractivity contribution in [3.8, 4) is 5.75 Å². The van der Waals surface area contributed by atoms with Crippen molar-refractivity contribution in [1.29, 1.82) is 0 Å². The molecule has 5 rings (SSSR count). The Labute approximate surface area is 204 Å². The number of hydrogen-bond acceptors (Lipinski definition) is 7. The fraction of sp³-hybridized carbons (Fsp3) is 0.154. The Morgan fingerprint density at radius 3 is 2.44 bits per heavy atom. The lowest BCUT2D eigenvalue weighted by atomic mass is 10.1. The van der Waals surface area contributed by atoms with Crippen LogP contribution < -0.4 is 14.5 Å². The fourth-order valence-electron chi connectivity index (χ4n) is 4.45. The van der Waals surface area contributed by atoms with Crippen molar-refractivity contribution in [2.75, 3.05) is 16.3 Å². The van der Waals surface area contributed by atoms with E-state index >= 15 is 0 Å². The third kappa shape index (κ3) is 3.88. The molecule has 180 valence electrons. The molecule has 0 aliphatic carbocycles. The van der Waals surface area contributed by atoms with Crippen LogP contribution in [0, 0.1) is 23.0 Å². The van der Waals surface area contributed by atoms with Crippen LogP contribution in [0.5, 0.6) is 5.75 Å². The molecule has 1 atom stereocenters. The van der Waals surface area contributed by atoms with Crippen LogP contribution in [-0.2, 0) is 9.59 Å². The average Bonchev–Trinajstić information content (AvgIpc) is 3.36. The molecule has 0 N–H and O–H groups in total. The Balaban J connectivity index is 1.34. The molecule has 3 aromatic carbocycles. The van der Waals surface area contributed by atoms with E-state index in [9.17, 15) is 29.3 Å². The number of imide groups is 1. The molecule has 3 aromatic rings. The number of amides is 3. The number of carbonyl (C=O) groups is 4. The summed E-state index contributed by atoms with van der Waals surface area (Å²) in [5.74, 6) is -2.97. The van der Waals surface area contributed by atoms with E-state index in [0.29, 0.717) is 5.69 Å². The van der Waals surface area contributed by atoms with Gasteiger partial charge < -0.3 is 9.64 Å². The highest BCUT2D eigenvalue weighted by atomic mass is 16.6. The zero-order chi connectivity index (χ0) is 25.6. The molecule has 36 heavy (non-hydrogen) atoms. The summed E-state index contributed by atoms with van der Waals surface area (Å²) >= 11 is 0. The van der Waals surface area contributed by atoms with Gasteiger partial charge in [0.2, 0.25) is 5.91 Å². The minimum absolute atomic E-state index is 0.00542. The number of carbonyl (C=O) groups excluding carboxylic acids is 4. The second kappa shape index (κ2) is 8.73. The molecule has 0 bridgehead atoms. The lowest BCUT2D eigenvalue weighted by Gasteiger charge is -2.17. The maximum Gasteiger partial charge on any atom is 0.316 e. The van der Waals surface area contributed by atoms with Crippen molar-refractivity contribution in [2.45, 2.75) is 13.3 Å². The van der Waals surface area contributed by atoms with Gasteiger partial charge >= 0.3 is 5.97 Å². The molecular weight excluding hydrogens is 466 g/mol. The molecule has 0 unspecified atom stereocenters. The molecule has 0 spiro atoms. The maximum absolute atomic E-state index is 13.0. The summed E-state index contributed by atoms with van der Waals surface area (Å²) < 4.78 is 5.49. The average molecular weight is 485 g/mol. The van der Waals surface area contributed by atoms with E-state index in [1.54, 1.807) is 11.0 Å². The normalized spacial score (nSPS) is 16.9. The monoisotopic (exact) mass is 485 g/mol. The first-order valence-corrected chi connectivity index (χ1v) is 11.1. The Kier molecular flexibility index (Phi) is 5.56. The van der Waals surface area contributed by atoms with Crippen LogP contribution in [0.1, 0.15) is 32.7 Å². The quantitative estimate of drug-likeness (QED) is 0.177. The van der Waals surface area contributed by atoms with Crippen LogP contribution in [0.15, 0.2) is 66.7 Å². The van der Waals surface area contributed by atoms with Gasteiger partial charge in [0.05, 0.1) is 22.1 Å². The first-order chi connectivity index (χ1) is 17.2. The van der Waals surface area contributed by atoms with Gasteiger partial charge in [0, 0.05) is 30.8 Å². The van der Waals surface area contributed by atoms with Gasteiger partial charge in [-0.1, -0.05) is 24.3 Å². The third-order valence-electron chi connectivity index (χ3n) is 6.16. The summed E-state index contributed by atoms with van der Waals surface area (Å²) in [6.45, 7) is 2.08. The molecule has 2 aliphatic rings. The second-order valence-corrected chi connectivity index (χ2v) is 8.57. The van der Waals surface area contributed by atoms with Gasteiger partial charge in [-0.05, 0) is 42.8 Å². The number of fused-ring (bicyclic) bond motifs is 1. The van der Waals surface area contributed by atoms with Crippen molar-refractivity contribution in [2.24, 2.45) is 5.92 Å². The van der Waals surface area contributed by atoms with Crippen LogP contribution in [0.25, 0.3) is 0 Å². The first kappa shape index (κ1) is 22.9. The van der Waals surface area contributed by atoms with E-state index < -0.39 is 34.3 Å². The van der Waals surface area contributed by atoms with Gasteiger partial charge in [-0.25, -0.2) is 4.90 Å². The predicted molar refractivity (Wildman–Crippen MR) is 128 cm³/mol. The van der Waals surface area contributed by atoms with Crippen molar-refractivity contribution < 1.29 is 28.8 Å². The number of nitrogens with zero attached hydrogens (tertiary/aromatic N) is 3. The van der Waals surface area contributed by atoms with Crippen LogP contribution in [0.4, 0.5) is 17.1 Å². The van der Waals surface area contributed by atoms with Crippen molar-refractivity contribution in [3.63, 3.8) is 0 Å². The lowest BCUT2D eigenvalue weighted by molar-refractivity contribution is -0.385. The number of hydrogen-bond donors (Lipinski definition) is 0. The molecule has 10 nitrogen and oxygen atoms in total. The van der Waals surface area contributed by atoms with Gasteiger partial charge in [-0.2, -0.15) is 0 Å². The summed E-state index contributed by atoms with van der Waals surface area (Å²) in [6, 6.07) is 17.0. The molecule has 1 fully saturated rings. The van der Waals surface area contributed by atoms with Crippen LogP contribution in [0.3, 0.4) is 0 Å². The van der Waals surface area contributed by atoms with Crippen LogP contribution in [0.2, 0.25) is 0 Å². The molecule has 0 aromatic heterocycles. The summed E-state index contributed by atoms with van der Waals surface area (Å²) in [4.78, 5) is 64.2. The van der Waals surface area contributed by atoms with Gasteiger partial charge in [-0.3, -0.25) is 29.3 Å². The van der Waals surface area contributed by atoms with E-state index in [2.05, 4.69) is 0 Å². The molecule has 0 saturated carbocycles. The fourth-order valence-corrected chi connectivity index (χ4v) is 4.45. The zero-order valence-corrected chi connectivity index (χ0v) is 19.0. The number of aryl methyl sites for hydroxylation is 1. The maximum atomic E-state index is 13.0. The Bertz CT molecular complexity index is 1470. The molecule has 2 heterocycles. The Morgan fingerprint density at radius 2 is 1.69 bits per heavy atom. The number of benzene rings is 3. The van der Waals surface area contributed by atoms with Gasteiger partial charge in [0.15, 0.2) is 0 Å². The van der Waals surface area contributed by atoms with Gasteiger partial charge in [-0.15, -0.1) is 0 Å². The largest absolute Gasteiger partial charge is 0.426 e. The number of nitro benzene ring substituents is 1. The minimum atomic E-state index is -0.832. The molecule has 0 radical (unpaired) electrons. The van der Waals surface area contributed by atoms with Gasteiger partial charge in [0.25, 0.3) is 17.5 Å². The summed E-state index contributed by atoms with van der Waals surface area (Å²) in [7, 11) is 0. The standard InChI is InChI=1S/C26H19N3O7/c1-15-5-2-6-17(11-15)27-14-16(12-22(27)30)26(33)36-19-8-3-7-18(13-19)28-24(31)20-9-4-10-21(29(34)35)23(20)25(28)32/h2-11,13,16H,12,14H2,1H3/t16-/m0/s1. The van der Waals surface area contributed by atoms with Crippen LogP contribution in [-0.4, -0.2) is 35.2 Å². The summed E-state index contributed by atoms with van der Waals surface area (Å²) in [5, 5.41) is 11.3. The number of nitro groups is 1. The second-order valence-electron chi connectivity index (χ2n) is 8.57. The van der Waals surface area contributed by atoms with E-state index in [1.165, 1.54) is 36.4 Å². The molecule has 10 heteroatoms. The number of ether oxygens (including phenoxy) is 1. The van der Waals surface area contributed by atoms with E-state index in [4.69, 9.17) is 4.74 Å². The molecule has 1 saturated heterocycles. The summed E-state index contributed by atoms with van der Waals surface area (Å²) in [5.41, 5.74) is 0.983. The molecule has 3 amide bonds. The van der Waals surface area contributed by atoms with Crippen molar-refractivity contribution in [1.82, 2.24) is 0 Å². The highest BCUT2D eigenvalue weighted by Gasteiger charge is 2.42. The highest BCUT2D eigenvalue weighted by Crippen LogP contribution is 2.35. The zero-order valence-electron chi connectivity index (χ0n) is 19.0. The summed E-state index contributed by atoms with van der Waals surface area (Å²) in [6.07, 6.45) is -0.00542. The topological polar surface area (TPSA) is 127 Å². The Morgan fingerprint density at radius 1 is 0.972 bits per heavy atom. The lowest BCUT2D eigenvalue weighted by Crippen LogP contribution is -2.29. The highest BCUT2D eigenvalue weighted by molar-refractivity contribution is 6.35. The predicted octanol–water partition coefficient (Wildman–Crippen LogP) is 3.66. The van der Waals surface area contributed by atoms with Crippen LogP contribution >= 0.6 is 0 Å². The van der Waals surface area contributed by atoms with Crippen molar-refractivity contribution in [3.05, 3.63) is 93.5 Å². The number of rotatable bonds is 5. The van der Waals surface area contributed by atoms with E-state index in [0.717, 1.165) is 16.5 Å².